The summed E-state index contributed by atoms with van der Waals surface area (Å²) in [6.45, 7) is 1.75. The summed E-state index contributed by atoms with van der Waals surface area (Å²) in [6, 6.07) is 13.5. The molecule has 3 nitrogen and oxygen atoms in total. The van der Waals surface area contributed by atoms with E-state index in [1.165, 1.54) is 0 Å². The summed E-state index contributed by atoms with van der Waals surface area (Å²) in [7, 11) is 0. The van der Waals surface area contributed by atoms with Crippen molar-refractivity contribution in [1.82, 2.24) is 0 Å². The van der Waals surface area contributed by atoms with Gasteiger partial charge in [-0.15, -0.1) is 6.42 Å². The van der Waals surface area contributed by atoms with Gasteiger partial charge in [-0.1, -0.05) is 42.3 Å². The first-order chi connectivity index (χ1) is 9.22. The van der Waals surface area contributed by atoms with E-state index >= 15 is 0 Å². The molecule has 0 fully saturated rings. The van der Waals surface area contributed by atoms with Gasteiger partial charge in [-0.05, 0) is 18.4 Å². The van der Waals surface area contributed by atoms with Gasteiger partial charge in [-0.2, -0.15) is 0 Å². The van der Waals surface area contributed by atoms with E-state index in [9.17, 15) is 4.79 Å². The van der Waals surface area contributed by atoms with Crippen LogP contribution in [0.2, 0.25) is 0 Å². The van der Waals surface area contributed by atoms with Crippen LogP contribution < -0.4 is 5.32 Å². The van der Waals surface area contributed by atoms with Crippen LogP contribution in [-0.2, 0) is 9.53 Å². The topological polar surface area (TPSA) is 38.3 Å². The van der Waals surface area contributed by atoms with Gasteiger partial charge >= 0.3 is 5.97 Å². The van der Waals surface area contributed by atoms with Crippen molar-refractivity contribution in [3.05, 3.63) is 42.5 Å². The second-order valence-electron chi connectivity index (χ2n) is 4.20. The van der Waals surface area contributed by atoms with Crippen molar-refractivity contribution in [1.29, 1.82) is 0 Å². The second-order valence-corrected chi connectivity index (χ2v) is 4.20. The van der Waals surface area contributed by atoms with Crippen LogP contribution in [0.1, 0.15) is 6.92 Å². The van der Waals surface area contributed by atoms with Crippen molar-refractivity contribution in [2.75, 3.05) is 11.9 Å². The molecule has 0 amide bonds. The van der Waals surface area contributed by atoms with Crippen molar-refractivity contribution in [3.8, 4) is 12.3 Å². The first-order valence-electron chi connectivity index (χ1n) is 6.07. The number of esters is 1. The standard InChI is InChI=1S/C16H15NO2/c1-3-11-19-16(18)12(2)17-15-10-6-8-13-7-4-5-9-14(13)15/h1,4-10,12,17H,11H2,2H3. The molecule has 0 saturated heterocycles. The van der Waals surface area contributed by atoms with E-state index in [0.29, 0.717) is 0 Å². The lowest BCUT2D eigenvalue weighted by Crippen LogP contribution is -2.28. The van der Waals surface area contributed by atoms with E-state index in [2.05, 4.69) is 11.2 Å². The number of carbonyl (C=O) groups is 1. The van der Waals surface area contributed by atoms with Gasteiger partial charge in [0.2, 0.25) is 0 Å². The Kier molecular flexibility index (Phi) is 4.04. The Morgan fingerprint density at radius 2 is 2.05 bits per heavy atom. The van der Waals surface area contributed by atoms with E-state index in [-0.39, 0.29) is 12.6 Å². The van der Waals surface area contributed by atoms with Gasteiger partial charge < -0.3 is 10.1 Å². The molecule has 0 aliphatic carbocycles. The third kappa shape index (κ3) is 3.05. The number of hydrogen-bond acceptors (Lipinski definition) is 3. The first-order valence-corrected chi connectivity index (χ1v) is 6.07. The van der Waals surface area contributed by atoms with Crippen molar-refractivity contribution < 1.29 is 9.53 Å². The highest BCUT2D eigenvalue weighted by Gasteiger charge is 2.14. The summed E-state index contributed by atoms with van der Waals surface area (Å²) in [5, 5.41) is 5.34. The fraction of sp³-hybridized carbons (Fsp3) is 0.188. The predicted molar refractivity (Wildman–Crippen MR) is 76.8 cm³/mol. The lowest BCUT2D eigenvalue weighted by molar-refractivity contribution is -0.142. The maximum Gasteiger partial charge on any atom is 0.329 e. The number of benzene rings is 2. The highest BCUT2D eigenvalue weighted by atomic mass is 16.5. The molecule has 0 heterocycles. The summed E-state index contributed by atoms with van der Waals surface area (Å²) < 4.78 is 4.90. The normalized spacial score (nSPS) is 11.6. The third-order valence-electron chi connectivity index (χ3n) is 2.81. The highest BCUT2D eigenvalue weighted by Crippen LogP contribution is 2.23. The molecule has 0 aliphatic heterocycles. The molecule has 0 spiro atoms. The Balaban J connectivity index is 2.17. The molecule has 0 aromatic heterocycles. The van der Waals surface area contributed by atoms with Crippen LogP contribution in [0.15, 0.2) is 42.5 Å². The van der Waals surface area contributed by atoms with Crippen LogP contribution in [-0.4, -0.2) is 18.6 Å². The van der Waals surface area contributed by atoms with Gasteiger partial charge in [0.05, 0.1) is 0 Å². The average Bonchev–Trinajstić information content (AvgIpc) is 2.45. The summed E-state index contributed by atoms with van der Waals surface area (Å²) >= 11 is 0. The summed E-state index contributed by atoms with van der Waals surface area (Å²) in [5.74, 6) is 1.92. The molecule has 1 unspecified atom stereocenters. The lowest BCUT2D eigenvalue weighted by Gasteiger charge is -2.15. The van der Waals surface area contributed by atoms with Crippen molar-refractivity contribution >= 4 is 22.4 Å². The molecule has 2 aromatic carbocycles. The van der Waals surface area contributed by atoms with E-state index in [1.54, 1.807) is 6.92 Å². The van der Waals surface area contributed by atoms with Crippen LogP contribution in [0.5, 0.6) is 0 Å². The van der Waals surface area contributed by atoms with E-state index < -0.39 is 6.04 Å². The predicted octanol–water partition coefficient (Wildman–Crippen LogP) is 2.82. The molecular weight excluding hydrogens is 238 g/mol. The number of fused-ring (bicyclic) bond motifs is 1. The van der Waals surface area contributed by atoms with Crippen LogP contribution >= 0.6 is 0 Å². The minimum atomic E-state index is -0.445. The van der Waals surface area contributed by atoms with Gasteiger partial charge in [0, 0.05) is 11.1 Å². The Labute approximate surface area is 112 Å². The minimum absolute atomic E-state index is 0.000388. The highest BCUT2D eigenvalue weighted by molar-refractivity contribution is 5.95. The zero-order chi connectivity index (χ0) is 13.7. The molecular formula is C16H15NO2. The maximum absolute atomic E-state index is 11.7. The SMILES string of the molecule is C#CCOC(=O)C(C)Nc1cccc2ccccc12. The molecule has 96 valence electrons. The van der Waals surface area contributed by atoms with Crippen LogP contribution in [0.3, 0.4) is 0 Å². The minimum Gasteiger partial charge on any atom is -0.451 e. The fourth-order valence-electron chi connectivity index (χ4n) is 1.88. The van der Waals surface area contributed by atoms with Gasteiger partial charge in [-0.25, -0.2) is 4.79 Å². The molecule has 0 saturated carbocycles. The van der Waals surface area contributed by atoms with Crippen molar-refractivity contribution in [3.63, 3.8) is 0 Å². The van der Waals surface area contributed by atoms with E-state index in [1.807, 2.05) is 42.5 Å². The van der Waals surface area contributed by atoms with Gasteiger partial charge in [0.1, 0.15) is 6.04 Å². The van der Waals surface area contributed by atoms with Gasteiger partial charge in [0.25, 0.3) is 0 Å². The molecule has 2 rings (SSSR count). The van der Waals surface area contributed by atoms with Crippen LogP contribution in [0, 0.1) is 12.3 Å². The number of rotatable bonds is 4. The number of ether oxygens (including phenoxy) is 1. The summed E-state index contributed by atoms with van der Waals surface area (Å²) in [4.78, 5) is 11.7. The zero-order valence-corrected chi connectivity index (χ0v) is 10.7. The quantitative estimate of drug-likeness (QED) is 0.672. The van der Waals surface area contributed by atoms with Crippen LogP contribution in [0.25, 0.3) is 10.8 Å². The molecule has 1 N–H and O–H groups in total. The Bertz CT molecular complexity index is 623. The smallest absolute Gasteiger partial charge is 0.329 e. The number of anilines is 1. The zero-order valence-electron chi connectivity index (χ0n) is 10.7. The number of hydrogen-bond donors (Lipinski definition) is 1. The largest absolute Gasteiger partial charge is 0.451 e. The van der Waals surface area contributed by atoms with Gasteiger partial charge in [0.15, 0.2) is 6.61 Å². The van der Waals surface area contributed by atoms with E-state index in [4.69, 9.17) is 11.2 Å². The number of carbonyl (C=O) groups excluding carboxylic acids is 1. The fourth-order valence-corrected chi connectivity index (χ4v) is 1.88. The van der Waals surface area contributed by atoms with Crippen molar-refractivity contribution in [2.24, 2.45) is 0 Å². The van der Waals surface area contributed by atoms with Crippen LogP contribution in [0.4, 0.5) is 5.69 Å². The maximum atomic E-state index is 11.7. The molecule has 3 heteroatoms. The Hall–Kier alpha value is -2.47. The monoisotopic (exact) mass is 253 g/mol. The summed E-state index contributed by atoms with van der Waals surface area (Å²) in [5.41, 5.74) is 0.906. The molecule has 2 aromatic rings. The van der Waals surface area contributed by atoms with Gasteiger partial charge in [-0.3, -0.25) is 0 Å². The Morgan fingerprint density at radius 3 is 2.84 bits per heavy atom. The third-order valence-corrected chi connectivity index (χ3v) is 2.81. The molecule has 0 radical (unpaired) electrons. The first kappa shape index (κ1) is 13.0. The summed E-state index contributed by atoms with van der Waals surface area (Å²) in [6.07, 6.45) is 5.06. The molecule has 0 bridgehead atoms. The lowest BCUT2D eigenvalue weighted by atomic mass is 10.1. The molecule has 0 aliphatic rings. The van der Waals surface area contributed by atoms with Crippen molar-refractivity contribution in [2.45, 2.75) is 13.0 Å². The number of nitrogens with one attached hydrogen (secondary N) is 1. The average molecular weight is 253 g/mol. The Morgan fingerprint density at radius 1 is 1.32 bits per heavy atom. The molecule has 19 heavy (non-hydrogen) atoms. The van der Waals surface area contributed by atoms with E-state index in [0.717, 1.165) is 16.5 Å². The molecule has 1 atom stereocenters. The number of terminal acetylenes is 1. The second kappa shape index (κ2) is 5.92.